The highest BCUT2D eigenvalue weighted by molar-refractivity contribution is 7.98. The lowest BCUT2D eigenvalue weighted by Crippen LogP contribution is -2.24. The summed E-state index contributed by atoms with van der Waals surface area (Å²) in [7, 11) is 0. The zero-order valence-corrected chi connectivity index (χ0v) is 17.4. The maximum absolute atomic E-state index is 12.7. The number of nitrogens with zero attached hydrogens (tertiary/aromatic N) is 4. The lowest BCUT2D eigenvalue weighted by atomic mass is 10.2. The van der Waals surface area contributed by atoms with Crippen LogP contribution in [0.3, 0.4) is 0 Å². The third-order valence-electron chi connectivity index (χ3n) is 4.37. The van der Waals surface area contributed by atoms with Gasteiger partial charge in [-0.25, -0.2) is 0 Å². The van der Waals surface area contributed by atoms with Crippen LogP contribution in [-0.2, 0) is 5.75 Å². The Balaban J connectivity index is 1.41. The maximum Gasteiger partial charge on any atom is 0.253 e. The standard InChI is InChI=1S/C24H19N5OS/c30-24(25-17-9-12-19-10-3-1-4-11-19)21-15-7-8-16-22(21)31-18-23-26-27-28-29(23)20-13-5-2-6-14-20/h1-8,10-11,13-16H,17-18H2,(H,25,30). The predicted octanol–water partition coefficient (Wildman–Crippen LogP) is 3.74. The largest absolute Gasteiger partial charge is 0.341 e. The zero-order chi connectivity index (χ0) is 21.3. The Kier molecular flexibility index (Phi) is 6.73. The summed E-state index contributed by atoms with van der Waals surface area (Å²) in [6.45, 7) is 0.277. The Hall–Kier alpha value is -3.89. The molecule has 152 valence electrons. The number of carbonyl (C=O) groups is 1. The Morgan fingerprint density at radius 1 is 0.935 bits per heavy atom. The quantitative estimate of drug-likeness (QED) is 0.376. The number of carbonyl (C=O) groups excluding carboxylic acids is 1. The minimum Gasteiger partial charge on any atom is -0.341 e. The van der Waals surface area contributed by atoms with E-state index in [9.17, 15) is 4.79 Å². The third-order valence-corrected chi connectivity index (χ3v) is 5.44. The first-order valence-electron chi connectivity index (χ1n) is 9.68. The van der Waals surface area contributed by atoms with Gasteiger partial charge in [-0.05, 0) is 46.8 Å². The highest BCUT2D eigenvalue weighted by Crippen LogP contribution is 2.26. The second-order valence-corrected chi connectivity index (χ2v) is 7.49. The highest BCUT2D eigenvalue weighted by atomic mass is 32.2. The van der Waals surface area contributed by atoms with Gasteiger partial charge in [0.05, 0.1) is 23.5 Å². The molecule has 1 aromatic heterocycles. The Labute approximate surface area is 184 Å². The van der Waals surface area contributed by atoms with E-state index in [0.717, 1.165) is 16.1 Å². The maximum atomic E-state index is 12.7. The van der Waals surface area contributed by atoms with Crippen LogP contribution in [0.2, 0.25) is 0 Å². The van der Waals surface area contributed by atoms with Crippen LogP contribution in [-0.4, -0.2) is 32.7 Å². The monoisotopic (exact) mass is 425 g/mol. The smallest absolute Gasteiger partial charge is 0.253 e. The van der Waals surface area contributed by atoms with Gasteiger partial charge in [0, 0.05) is 10.5 Å². The summed E-state index contributed by atoms with van der Waals surface area (Å²) in [6.07, 6.45) is 0. The number of tetrazole rings is 1. The highest BCUT2D eigenvalue weighted by Gasteiger charge is 2.13. The first kappa shape index (κ1) is 20.4. The summed E-state index contributed by atoms with van der Waals surface area (Å²) >= 11 is 1.52. The number of hydrogen-bond acceptors (Lipinski definition) is 5. The molecule has 1 amide bonds. The van der Waals surface area contributed by atoms with E-state index in [2.05, 4.69) is 32.7 Å². The number of thioether (sulfide) groups is 1. The number of benzene rings is 3. The van der Waals surface area contributed by atoms with E-state index >= 15 is 0 Å². The lowest BCUT2D eigenvalue weighted by Gasteiger charge is -2.09. The number of aromatic nitrogens is 4. The molecule has 1 N–H and O–H groups in total. The van der Waals surface area contributed by atoms with Gasteiger partial charge in [-0.2, -0.15) is 4.68 Å². The van der Waals surface area contributed by atoms with E-state index in [0.29, 0.717) is 17.1 Å². The van der Waals surface area contributed by atoms with Gasteiger partial charge in [-0.3, -0.25) is 4.79 Å². The minimum atomic E-state index is -0.159. The van der Waals surface area contributed by atoms with Crippen molar-refractivity contribution in [2.45, 2.75) is 10.6 Å². The van der Waals surface area contributed by atoms with Crippen molar-refractivity contribution in [3.8, 4) is 17.5 Å². The van der Waals surface area contributed by atoms with Gasteiger partial charge in [0.25, 0.3) is 5.91 Å². The van der Waals surface area contributed by atoms with Crippen molar-refractivity contribution in [3.63, 3.8) is 0 Å². The molecule has 4 aromatic rings. The van der Waals surface area contributed by atoms with Gasteiger partial charge in [-0.1, -0.05) is 60.4 Å². The Morgan fingerprint density at radius 3 is 2.45 bits per heavy atom. The predicted molar refractivity (Wildman–Crippen MR) is 121 cm³/mol. The molecule has 0 radical (unpaired) electrons. The molecule has 0 aliphatic carbocycles. The van der Waals surface area contributed by atoms with Crippen LogP contribution < -0.4 is 5.32 Å². The SMILES string of the molecule is O=C(NCC#Cc1ccccc1)c1ccccc1SCc1nnnn1-c1ccccc1. The van der Waals surface area contributed by atoms with Gasteiger partial charge in [0.2, 0.25) is 0 Å². The van der Waals surface area contributed by atoms with Crippen molar-refractivity contribution in [2.75, 3.05) is 6.54 Å². The van der Waals surface area contributed by atoms with Crippen molar-refractivity contribution in [1.29, 1.82) is 0 Å². The summed E-state index contributed by atoms with van der Waals surface area (Å²) in [5.74, 6) is 7.10. The van der Waals surface area contributed by atoms with E-state index in [1.165, 1.54) is 11.8 Å². The van der Waals surface area contributed by atoms with E-state index in [4.69, 9.17) is 0 Å². The van der Waals surface area contributed by atoms with Crippen LogP contribution in [0.4, 0.5) is 0 Å². The molecule has 0 aliphatic rings. The number of amides is 1. The summed E-state index contributed by atoms with van der Waals surface area (Å²) in [5, 5.41) is 14.9. The molecule has 0 fully saturated rings. The van der Waals surface area contributed by atoms with Crippen molar-refractivity contribution in [3.05, 3.63) is 102 Å². The van der Waals surface area contributed by atoms with Crippen molar-refractivity contribution >= 4 is 17.7 Å². The Morgan fingerprint density at radius 2 is 1.65 bits per heavy atom. The molecule has 1 heterocycles. The Bertz CT molecular complexity index is 1210. The average Bonchev–Trinajstić information content (AvgIpc) is 3.30. The fraction of sp³-hybridized carbons (Fsp3) is 0.0833. The lowest BCUT2D eigenvalue weighted by molar-refractivity contribution is 0.0956. The normalized spacial score (nSPS) is 10.2. The first-order valence-corrected chi connectivity index (χ1v) is 10.7. The molecule has 0 atom stereocenters. The van der Waals surface area contributed by atoms with Gasteiger partial charge in [-0.15, -0.1) is 16.9 Å². The van der Waals surface area contributed by atoms with Gasteiger partial charge >= 0.3 is 0 Å². The first-order chi connectivity index (χ1) is 15.3. The van der Waals surface area contributed by atoms with Crippen LogP contribution in [0.15, 0.2) is 89.8 Å². The van der Waals surface area contributed by atoms with E-state index in [1.807, 2.05) is 84.9 Å². The molecular formula is C24H19N5OS. The van der Waals surface area contributed by atoms with Gasteiger partial charge in [0.1, 0.15) is 0 Å². The van der Waals surface area contributed by atoms with Crippen LogP contribution in [0.25, 0.3) is 5.69 Å². The fourth-order valence-corrected chi connectivity index (χ4v) is 3.83. The van der Waals surface area contributed by atoms with Crippen molar-refractivity contribution < 1.29 is 4.79 Å². The topological polar surface area (TPSA) is 72.7 Å². The molecule has 0 bridgehead atoms. The van der Waals surface area contributed by atoms with Crippen molar-refractivity contribution in [1.82, 2.24) is 25.5 Å². The molecule has 4 rings (SSSR count). The number of rotatable bonds is 6. The van der Waals surface area contributed by atoms with Crippen LogP contribution in [0, 0.1) is 11.8 Å². The molecule has 6 nitrogen and oxygen atoms in total. The second kappa shape index (κ2) is 10.2. The summed E-state index contributed by atoms with van der Waals surface area (Å²) in [4.78, 5) is 13.5. The molecule has 0 saturated heterocycles. The molecular weight excluding hydrogens is 406 g/mol. The number of hydrogen-bond donors (Lipinski definition) is 1. The molecule has 0 unspecified atom stereocenters. The summed E-state index contributed by atoms with van der Waals surface area (Å²) < 4.78 is 1.70. The molecule has 7 heteroatoms. The van der Waals surface area contributed by atoms with Gasteiger partial charge < -0.3 is 5.32 Å². The molecule has 0 aliphatic heterocycles. The molecule has 31 heavy (non-hydrogen) atoms. The number of para-hydroxylation sites is 1. The van der Waals surface area contributed by atoms with Gasteiger partial charge in [0.15, 0.2) is 5.82 Å². The average molecular weight is 426 g/mol. The summed E-state index contributed by atoms with van der Waals surface area (Å²) in [6, 6.07) is 26.9. The third kappa shape index (κ3) is 5.38. The fourth-order valence-electron chi connectivity index (χ4n) is 2.88. The second-order valence-electron chi connectivity index (χ2n) is 6.48. The van der Waals surface area contributed by atoms with E-state index < -0.39 is 0 Å². The summed E-state index contributed by atoms with van der Waals surface area (Å²) in [5.41, 5.74) is 2.42. The minimum absolute atomic E-state index is 0.159. The van der Waals surface area contributed by atoms with Crippen LogP contribution >= 0.6 is 11.8 Å². The molecule has 0 spiro atoms. The van der Waals surface area contributed by atoms with E-state index in [1.54, 1.807) is 4.68 Å². The molecule has 0 saturated carbocycles. The van der Waals surface area contributed by atoms with E-state index in [-0.39, 0.29) is 12.5 Å². The van der Waals surface area contributed by atoms with Crippen LogP contribution in [0.1, 0.15) is 21.7 Å². The number of nitrogens with one attached hydrogen (secondary N) is 1. The van der Waals surface area contributed by atoms with Crippen molar-refractivity contribution in [2.24, 2.45) is 0 Å². The van der Waals surface area contributed by atoms with Crippen LogP contribution in [0.5, 0.6) is 0 Å². The molecule has 3 aromatic carbocycles. The zero-order valence-electron chi connectivity index (χ0n) is 16.6.